The lowest BCUT2D eigenvalue weighted by Crippen LogP contribution is -2.36. The molecule has 0 heterocycles. The van der Waals surface area contributed by atoms with Crippen molar-refractivity contribution >= 4 is 5.57 Å². The van der Waals surface area contributed by atoms with E-state index in [2.05, 4.69) is 23.5 Å². The fraction of sp³-hybridized carbons (Fsp3) is 0.467. The van der Waals surface area contributed by atoms with Gasteiger partial charge >= 0.3 is 0 Å². The van der Waals surface area contributed by atoms with E-state index in [0.717, 1.165) is 19.8 Å². The minimum absolute atomic E-state index is 0.0632. The van der Waals surface area contributed by atoms with Gasteiger partial charge in [0.25, 0.3) is 5.92 Å². The lowest BCUT2D eigenvalue weighted by molar-refractivity contribution is 0.0205. The van der Waals surface area contributed by atoms with Gasteiger partial charge in [-0.2, -0.15) is 0 Å². The quantitative estimate of drug-likeness (QED) is 0.842. The van der Waals surface area contributed by atoms with Crippen LogP contribution in [0.2, 0.25) is 0 Å². The molecule has 1 N–H and O–H groups in total. The molecule has 0 unspecified atom stereocenters. The number of allylic oxidation sites excluding steroid dienone is 1. The highest BCUT2D eigenvalue weighted by molar-refractivity contribution is 5.73. The van der Waals surface area contributed by atoms with E-state index >= 15 is 0 Å². The Balaban J connectivity index is 1.92. The number of benzene rings is 1. The zero-order chi connectivity index (χ0) is 13.2. The summed E-state index contributed by atoms with van der Waals surface area (Å²) >= 11 is 0. The summed E-state index contributed by atoms with van der Waals surface area (Å²) in [6, 6.07) is 8.35. The van der Waals surface area contributed by atoms with Crippen LogP contribution in [-0.2, 0) is 6.42 Å². The molecule has 0 spiro atoms. The summed E-state index contributed by atoms with van der Waals surface area (Å²) in [7, 11) is 0. The number of fused-ring (bicyclic) bond motifs is 1. The number of alkyl halides is 2. The van der Waals surface area contributed by atoms with Gasteiger partial charge in [0.15, 0.2) is 0 Å². The first-order valence-corrected chi connectivity index (χ1v) is 6.34. The Labute approximate surface area is 107 Å². The molecule has 3 heteroatoms. The van der Waals surface area contributed by atoms with E-state index in [1.807, 2.05) is 19.1 Å². The normalized spacial score (nSPS) is 16.3. The summed E-state index contributed by atoms with van der Waals surface area (Å²) in [5.41, 5.74) is 3.87. The maximum Gasteiger partial charge on any atom is 0.257 e. The van der Waals surface area contributed by atoms with Crippen molar-refractivity contribution in [1.29, 1.82) is 0 Å². The molecule has 18 heavy (non-hydrogen) atoms. The molecule has 0 amide bonds. The molecule has 0 bridgehead atoms. The van der Waals surface area contributed by atoms with Gasteiger partial charge in [0.05, 0.1) is 6.54 Å². The van der Waals surface area contributed by atoms with Gasteiger partial charge in [-0.25, -0.2) is 8.78 Å². The molecule has 0 saturated heterocycles. The van der Waals surface area contributed by atoms with Crippen LogP contribution in [0.5, 0.6) is 0 Å². The summed E-state index contributed by atoms with van der Waals surface area (Å²) in [5, 5.41) is 2.89. The third kappa shape index (κ3) is 3.39. The van der Waals surface area contributed by atoms with Gasteiger partial charge in [-0.15, -0.1) is 0 Å². The van der Waals surface area contributed by atoms with Crippen molar-refractivity contribution in [3.63, 3.8) is 0 Å². The molecule has 0 aliphatic heterocycles. The predicted octanol–water partition coefficient (Wildman–Crippen LogP) is 3.65. The van der Waals surface area contributed by atoms with Crippen LogP contribution in [0.1, 0.15) is 31.4 Å². The molecule has 98 valence electrons. The Hall–Kier alpha value is -1.22. The van der Waals surface area contributed by atoms with Gasteiger partial charge in [0, 0.05) is 13.0 Å². The zero-order valence-electron chi connectivity index (χ0n) is 10.8. The second-order valence-electron chi connectivity index (χ2n) is 5.15. The van der Waals surface area contributed by atoms with Crippen molar-refractivity contribution < 1.29 is 8.78 Å². The third-order valence-electron chi connectivity index (χ3n) is 3.22. The highest BCUT2D eigenvalue weighted by Gasteiger charge is 2.22. The first kappa shape index (κ1) is 13.2. The van der Waals surface area contributed by atoms with Gasteiger partial charge in [-0.05, 0) is 36.5 Å². The first-order valence-electron chi connectivity index (χ1n) is 6.34. The van der Waals surface area contributed by atoms with E-state index in [-0.39, 0.29) is 12.6 Å². The summed E-state index contributed by atoms with van der Waals surface area (Å²) in [6.07, 6.45) is 3.96. The van der Waals surface area contributed by atoms with E-state index in [1.165, 1.54) is 16.7 Å². The molecular formula is C15H19F2N. The summed E-state index contributed by atoms with van der Waals surface area (Å²) in [6.45, 7) is 2.63. The van der Waals surface area contributed by atoms with E-state index in [4.69, 9.17) is 0 Å². The van der Waals surface area contributed by atoms with Crippen molar-refractivity contribution in [2.24, 2.45) is 0 Å². The van der Waals surface area contributed by atoms with Crippen molar-refractivity contribution in [2.45, 2.75) is 38.7 Å². The fourth-order valence-corrected chi connectivity index (χ4v) is 2.30. The average Bonchev–Trinajstić information content (AvgIpc) is 2.70. The third-order valence-corrected chi connectivity index (χ3v) is 3.22. The number of rotatable bonds is 5. The van der Waals surface area contributed by atoms with Gasteiger partial charge in [0.1, 0.15) is 0 Å². The summed E-state index contributed by atoms with van der Waals surface area (Å²) < 4.78 is 25.5. The predicted molar refractivity (Wildman–Crippen MR) is 70.8 cm³/mol. The molecule has 0 fully saturated rings. The Morgan fingerprint density at radius 3 is 2.78 bits per heavy atom. The minimum Gasteiger partial charge on any atom is -0.308 e. The molecule has 1 aromatic rings. The fourth-order valence-electron chi connectivity index (χ4n) is 2.30. The second kappa shape index (κ2) is 5.19. The number of nitrogens with one attached hydrogen (secondary N) is 1. The summed E-state index contributed by atoms with van der Waals surface area (Å²) in [4.78, 5) is 0. The average molecular weight is 251 g/mol. The van der Waals surface area contributed by atoms with Gasteiger partial charge in [-0.1, -0.05) is 30.3 Å². The topological polar surface area (TPSA) is 12.0 Å². The second-order valence-corrected chi connectivity index (χ2v) is 5.15. The highest BCUT2D eigenvalue weighted by Crippen LogP contribution is 2.30. The molecule has 0 aromatic heterocycles. The van der Waals surface area contributed by atoms with Crippen LogP contribution in [0.15, 0.2) is 30.3 Å². The molecule has 2 rings (SSSR count). The monoisotopic (exact) mass is 251 g/mol. The Morgan fingerprint density at radius 2 is 2.06 bits per heavy atom. The van der Waals surface area contributed by atoms with Crippen LogP contribution < -0.4 is 5.32 Å². The Kier molecular flexibility index (Phi) is 3.81. The Morgan fingerprint density at radius 1 is 1.33 bits per heavy atom. The van der Waals surface area contributed by atoms with Crippen molar-refractivity contribution in [3.05, 3.63) is 41.5 Å². The van der Waals surface area contributed by atoms with Gasteiger partial charge < -0.3 is 5.32 Å². The lowest BCUT2D eigenvalue weighted by Gasteiger charge is -2.18. The number of hydrogen-bond acceptors (Lipinski definition) is 1. The molecule has 0 saturated carbocycles. The number of halogens is 2. The maximum atomic E-state index is 12.8. The molecule has 1 atom stereocenters. The molecule has 0 radical (unpaired) electrons. The van der Waals surface area contributed by atoms with Crippen LogP contribution in [0.3, 0.4) is 0 Å². The minimum atomic E-state index is -2.64. The van der Waals surface area contributed by atoms with Crippen LogP contribution in [0.25, 0.3) is 5.57 Å². The standard InChI is InChI=1S/C15H19F2N/c1-11(18-10-15(2,16)17)9-13-8-7-12-5-3-4-6-14(12)13/h3-6,8,11,18H,7,9-10H2,1-2H3/t11-/m1/s1. The largest absolute Gasteiger partial charge is 0.308 e. The van der Waals surface area contributed by atoms with E-state index in [0.29, 0.717) is 0 Å². The van der Waals surface area contributed by atoms with Gasteiger partial charge in [0.2, 0.25) is 0 Å². The molecule has 1 nitrogen and oxygen atoms in total. The molecule has 1 aromatic carbocycles. The van der Waals surface area contributed by atoms with E-state index < -0.39 is 5.92 Å². The lowest BCUT2D eigenvalue weighted by atomic mass is 10.0. The molecular weight excluding hydrogens is 232 g/mol. The van der Waals surface area contributed by atoms with Crippen molar-refractivity contribution in [2.75, 3.05) is 6.54 Å². The molecule has 1 aliphatic rings. The van der Waals surface area contributed by atoms with Crippen LogP contribution >= 0.6 is 0 Å². The van der Waals surface area contributed by atoms with E-state index in [9.17, 15) is 8.78 Å². The number of hydrogen-bond donors (Lipinski definition) is 1. The summed E-state index contributed by atoms with van der Waals surface area (Å²) in [5.74, 6) is -2.64. The maximum absolute atomic E-state index is 12.8. The smallest absolute Gasteiger partial charge is 0.257 e. The SMILES string of the molecule is C[C@H](CC1=CCc2ccccc21)NCC(C)(F)F. The van der Waals surface area contributed by atoms with Crippen LogP contribution in [0, 0.1) is 0 Å². The van der Waals surface area contributed by atoms with Crippen LogP contribution in [0.4, 0.5) is 8.78 Å². The zero-order valence-corrected chi connectivity index (χ0v) is 10.8. The van der Waals surface area contributed by atoms with Crippen LogP contribution in [-0.4, -0.2) is 18.5 Å². The van der Waals surface area contributed by atoms with E-state index in [1.54, 1.807) is 0 Å². The van der Waals surface area contributed by atoms with Crippen molar-refractivity contribution in [1.82, 2.24) is 5.32 Å². The van der Waals surface area contributed by atoms with Crippen molar-refractivity contribution in [3.8, 4) is 0 Å². The molecule has 1 aliphatic carbocycles. The Bertz CT molecular complexity index is 446. The highest BCUT2D eigenvalue weighted by atomic mass is 19.3. The first-order chi connectivity index (χ1) is 8.46. The van der Waals surface area contributed by atoms with Gasteiger partial charge in [-0.3, -0.25) is 0 Å².